The van der Waals surface area contributed by atoms with Gasteiger partial charge in [-0.2, -0.15) is 0 Å². The van der Waals surface area contributed by atoms with Gasteiger partial charge in [-0.05, 0) is 55.2 Å². The summed E-state index contributed by atoms with van der Waals surface area (Å²) >= 11 is 6.00. The minimum atomic E-state index is 0.0548. The van der Waals surface area contributed by atoms with E-state index in [2.05, 4.69) is 53.5 Å². The van der Waals surface area contributed by atoms with E-state index in [0.29, 0.717) is 6.54 Å². The maximum atomic E-state index is 12.6. The number of urea groups is 1. The number of halogens is 1. The quantitative estimate of drug-likeness (QED) is 0.858. The number of carbonyl (C=O) groups is 1. The molecule has 4 rings (SSSR count). The number of anilines is 1. The van der Waals surface area contributed by atoms with Crippen LogP contribution in [0.2, 0.25) is 5.02 Å². The van der Waals surface area contributed by atoms with Crippen LogP contribution < -0.4 is 10.2 Å². The molecule has 1 N–H and O–H groups in total. The lowest BCUT2D eigenvalue weighted by Gasteiger charge is -2.36. The summed E-state index contributed by atoms with van der Waals surface area (Å²) in [5.41, 5.74) is 3.89. The average molecular weight is 384 g/mol. The third-order valence-corrected chi connectivity index (χ3v) is 6.07. The second-order valence-electron chi connectivity index (χ2n) is 7.76. The minimum Gasteiger partial charge on any atom is -0.368 e. The van der Waals surface area contributed by atoms with Crippen molar-refractivity contribution in [2.45, 2.75) is 25.2 Å². The summed E-state index contributed by atoms with van der Waals surface area (Å²) in [6.45, 7) is 6.08. The van der Waals surface area contributed by atoms with E-state index in [1.807, 2.05) is 17.0 Å². The number of hydrogen-bond donors (Lipinski definition) is 1. The van der Waals surface area contributed by atoms with Gasteiger partial charge in [-0.3, -0.25) is 0 Å². The molecule has 27 heavy (non-hydrogen) atoms. The number of benzene rings is 2. The molecule has 1 aliphatic heterocycles. The number of hydrogen-bond acceptors (Lipinski definition) is 2. The highest BCUT2D eigenvalue weighted by Gasteiger charge is 2.44. The van der Waals surface area contributed by atoms with Crippen molar-refractivity contribution in [2.24, 2.45) is 0 Å². The molecule has 2 aromatic rings. The number of amides is 2. The SMILES string of the molecule is Cc1cccc(N2CCN(C(=O)NCC3(c4ccc(Cl)cc4)CC3)CC2)c1. The third-order valence-electron chi connectivity index (χ3n) is 5.82. The Labute approximate surface area is 166 Å². The van der Waals surface area contributed by atoms with Crippen molar-refractivity contribution >= 4 is 23.3 Å². The van der Waals surface area contributed by atoms with Gasteiger partial charge in [0, 0.05) is 48.8 Å². The average Bonchev–Trinajstić information content (AvgIpc) is 3.48. The molecule has 0 bridgehead atoms. The zero-order chi connectivity index (χ0) is 18.9. The molecular formula is C22H26ClN3O. The van der Waals surface area contributed by atoms with Crippen LogP contribution in [0.4, 0.5) is 10.5 Å². The van der Waals surface area contributed by atoms with Crippen molar-refractivity contribution in [3.63, 3.8) is 0 Å². The van der Waals surface area contributed by atoms with Gasteiger partial charge in [-0.1, -0.05) is 35.9 Å². The molecule has 2 aromatic carbocycles. The van der Waals surface area contributed by atoms with E-state index in [4.69, 9.17) is 11.6 Å². The molecule has 2 fully saturated rings. The first-order chi connectivity index (χ1) is 13.1. The lowest BCUT2D eigenvalue weighted by molar-refractivity contribution is 0.193. The molecule has 1 aliphatic carbocycles. The summed E-state index contributed by atoms with van der Waals surface area (Å²) in [5.74, 6) is 0. The number of rotatable bonds is 4. The van der Waals surface area contributed by atoms with Crippen molar-refractivity contribution in [3.8, 4) is 0 Å². The van der Waals surface area contributed by atoms with Crippen LogP contribution in [0.3, 0.4) is 0 Å². The summed E-state index contributed by atoms with van der Waals surface area (Å²) in [6, 6.07) is 16.7. The fourth-order valence-electron chi connectivity index (χ4n) is 3.87. The van der Waals surface area contributed by atoms with Gasteiger partial charge < -0.3 is 15.1 Å². The minimum absolute atomic E-state index is 0.0548. The lowest BCUT2D eigenvalue weighted by atomic mass is 9.96. The van der Waals surface area contributed by atoms with Crippen LogP contribution in [0.25, 0.3) is 0 Å². The van der Waals surface area contributed by atoms with Gasteiger partial charge in [-0.15, -0.1) is 0 Å². The van der Waals surface area contributed by atoms with Crippen LogP contribution >= 0.6 is 11.6 Å². The first-order valence-corrected chi connectivity index (χ1v) is 10.0. The molecule has 5 heteroatoms. The summed E-state index contributed by atoms with van der Waals surface area (Å²) in [7, 11) is 0. The molecule has 4 nitrogen and oxygen atoms in total. The van der Waals surface area contributed by atoms with Crippen molar-refractivity contribution in [1.82, 2.24) is 10.2 Å². The van der Waals surface area contributed by atoms with Gasteiger partial charge >= 0.3 is 6.03 Å². The molecule has 2 amide bonds. The van der Waals surface area contributed by atoms with E-state index in [9.17, 15) is 4.79 Å². The Morgan fingerprint density at radius 2 is 1.78 bits per heavy atom. The second kappa shape index (κ2) is 7.43. The van der Waals surface area contributed by atoms with Crippen LogP contribution in [0.5, 0.6) is 0 Å². The van der Waals surface area contributed by atoms with Crippen LogP contribution in [-0.2, 0) is 5.41 Å². The van der Waals surface area contributed by atoms with Gasteiger partial charge in [0.1, 0.15) is 0 Å². The molecule has 0 aromatic heterocycles. The summed E-state index contributed by atoms with van der Waals surface area (Å²) in [4.78, 5) is 16.9. The van der Waals surface area contributed by atoms with Crippen molar-refractivity contribution in [1.29, 1.82) is 0 Å². The molecule has 0 atom stereocenters. The molecule has 1 heterocycles. The Balaban J connectivity index is 1.29. The zero-order valence-electron chi connectivity index (χ0n) is 15.7. The predicted octanol–water partition coefficient (Wildman–Crippen LogP) is 4.21. The van der Waals surface area contributed by atoms with E-state index in [1.165, 1.54) is 16.8 Å². The van der Waals surface area contributed by atoms with E-state index < -0.39 is 0 Å². The summed E-state index contributed by atoms with van der Waals surface area (Å²) < 4.78 is 0. The van der Waals surface area contributed by atoms with Crippen molar-refractivity contribution in [2.75, 3.05) is 37.6 Å². The largest absolute Gasteiger partial charge is 0.368 e. The Bertz CT molecular complexity index is 809. The Morgan fingerprint density at radius 1 is 1.07 bits per heavy atom. The number of carbonyl (C=O) groups excluding carboxylic acids is 1. The van der Waals surface area contributed by atoms with Gasteiger partial charge in [0.2, 0.25) is 0 Å². The number of aryl methyl sites for hydroxylation is 1. The fraction of sp³-hybridized carbons (Fsp3) is 0.409. The standard InChI is InChI=1S/C22H26ClN3O/c1-17-3-2-4-20(15-17)25-11-13-26(14-12-25)21(27)24-16-22(9-10-22)18-5-7-19(23)8-6-18/h2-8,15H,9-14,16H2,1H3,(H,24,27). The number of piperazine rings is 1. The van der Waals surface area contributed by atoms with Crippen molar-refractivity contribution in [3.05, 3.63) is 64.7 Å². The maximum Gasteiger partial charge on any atom is 0.317 e. The van der Waals surface area contributed by atoms with Crippen LogP contribution in [0, 0.1) is 6.92 Å². The highest BCUT2D eigenvalue weighted by atomic mass is 35.5. The molecular weight excluding hydrogens is 358 g/mol. The Hall–Kier alpha value is -2.20. The van der Waals surface area contributed by atoms with Gasteiger partial charge in [0.25, 0.3) is 0 Å². The van der Waals surface area contributed by atoms with Gasteiger partial charge in [0.05, 0.1) is 0 Å². The molecule has 142 valence electrons. The van der Waals surface area contributed by atoms with E-state index in [0.717, 1.165) is 44.0 Å². The number of nitrogens with zero attached hydrogens (tertiary/aromatic N) is 2. The van der Waals surface area contributed by atoms with Gasteiger partial charge in [0.15, 0.2) is 0 Å². The highest BCUT2D eigenvalue weighted by molar-refractivity contribution is 6.30. The summed E-state index contributed by atoms with van der Waals surface area (Å²) in [5, 5.41) is 3.92. The zero-order valence-corrected chi connectivity index (χ0v) is 16.5. The maximum absolute atomic E-state index is 12.6. The second-order valence-corrected chi connectivity index (χ2v) is 8.20. The van der Waals surface area contributed by atoms with Crippen LogP contribution in [0.15, 0.2) is 48.5 Å². The topological polar surface area (TPSA) is 35.6 Å². The van der Waals surface area contributed by atoms with E-state index in [-0.39, 0.29) is 11.4 Å². The molecule has 0 spiro atoms. The first kappa shape index (κ1) is 18.2. The summed E-state index contributed by atoms with van der Waals surface area (Å²) in [6.07, 6.45) is 2.24. The Kier molecular flexibility index (Phi) is 5.00. The molecule has 0 radical (unpaired) electrons. The van der Waals surface area contributed by atoms with E-state index >= 15 is 0 Å². The van der Waals surface area contributed by atoms with Crippen LogP contribution in [-0.4, -0.2) is 43.7 Å². The van der Waals surface area contributed by atoms with Crippen molar-refractivity contribution < 1.29 is 4.79 Å². The molecule has 1 saturated carbocycles. The predicted molar refractivity (Wildman–Crippen MR) is 111 cm³/mol. The number of nitrogens with one attached hydrogen (secondary N) is 1. The van der Waals surface area contributed by atoms with Crippen LogP contribution in [0.1, 0.15) is 24.0 Å². The molecule has 1 saturated heterocycles. The molecule has 0 unspecified atom stereocenters. The lowest BCUT2D eigenvalue weighted by Crippen LogP contribution is -2.52. The molecule has 2 aliphatic rings. The first-order valence-electron chi connectivity index (χ1n) is 9.66. The fourth-order valence-corrected chi connectivity index (χ4v) is 4.00. The third kappa shape index (κ3) is 4.06. The Morgan fingerprint density at radius 3 is 2.41 bits per heavy atom. The van der Waals surface area contributed by atoms with E-state index in [1.54, 1.807) is 0 Å². The normalized spacial score (nSPS) is 18.3. The monoisotopic (exact) mass is 383 g/mol. The highest BCUT2D eigenvalue weighted by Crippen LogP contribution is 2.47. The van der Waals surface area contributed by atoms with Gasteiger partial charge in [-0.25, -0.2) is 4.79 Å². The smallest absolute Gasteiger partial charge is 0.317 e.